The van der Waals surface area contributed by atoms with Gasteiger partial charge in [-0.3, -0.25) is 4.79 Å². The summed E-state index contributed by atoms with van der Waals surface area (Å²) >= 11 is 0. The Morgan fingerprint density at radius 1 is 1.40 bits per heavy atom. The topological polar surface area (TPSA) is 55.6 Å². The molecular weight excluding hydrogens is 252 g/mol. The average Bonchev–Trinajstić information content (AvgIpc) is 2.42. The van der Waals surface area contributed by atoms with Gasteiger partial charge >= 0.3 is 0 Å². The summed E-state index contributed by atoms with van der Waals surface area (Å²) in [4.78, 5) is 14.2. The second-order valence-electron chi connectivity index (χ2n) is 6.19. The number of carbonyl (C=O) groups excluding carboxylic acids is 1. The number of nitrogens with zero attached hydrogens (tertiary/aromatic N) is 1. The molecule has 1 aliphatic rings. The molecule has 0 saturated heterocycles. The van der Waals surface area contributed by atoms with E-state index in [1.54, 1.807) is 0 Å². The van der Waals surface area contributed by atoms with E-state index in [9.17, 15) is 4.79 Å². The van der Waals surface area contributed by atoms with E-state index >= 15 is 0 Å². The Morgan fingerprint density at radius 3 is 2.75 bits per heavy atom. The third-order valence-corrected chi connectivity index (χ3v) is 3.58. The molecule has 1 atom stereocenters. The Morgan fingerprint density at radius 2 is 2.10 bits per heavy atom. The van der Waals surface area contributed by atoms with Gasteiger partial charge < -0.3 is 15.4 Å². The predicted molar refractivity (Wildman–Crippen MR) is 79.4 cm³/mol. The number of benzene rings is 1. The molecule has 1 unspecified atom stereocenters. The van der Waals surface area contributed by atoms with Gasteiger partial charge in [0.1, 0.15) is 6.61 Å². The van der Waals surface area contributed by atoms with Crippen LogP contribution in [0.3, 0.4) is 0 Å². The molecule has 2 N–H and O–H groups in total. The van der Waals surface area contributed by atoms with Gasteiger partial charge in [0.25, 0.3) is 0 Å². The van der Waals surface area contributed by atoms with E-state index in [1.165, 1.54) is 11.1 Å². The number of fused-ring (bicyclic) bond motifs is 1. The molecule has 0 aromatic heterocycles. The first-order valence-electron chi connectivity index (χ1n) is 7.13. The molecule has 1 heterocycles. The van der Waals surface area contributed by atoms with Crippen molar-refractivity contribution >= 4 is 5.91 Å². The molecule has 2 rings (SSSR count). The third kappa shape index (κ3) is 3.38. The lowest BCUT2D eigenvalue weighted by atomic mass is 9.92. The van der Waals surface area contributed by atoms with Crippen LogP contribution < -0.4 is 5.73 Å². The van der Waals surface area contributed by atoms with Gasteiger partial charge in [0.2, 0.25) is 5.91 Å². The van der Waals surface area contributed by atoms with E-state index < -0.39 is 0 Å². The lowest BCUT2D eigenvalue weighted by molar-refractivity contribution is -0.143. The van der Waals surface area contributed by atoms with Crippen LogP contribution >= 0.6 is 0 Å². The highest BCUT2D eigenvalue weighted by molar-refractivity contribution is 5.78. The van der Waals surface area contributed by atoms with Crippen molar-refractivity contribution in [1.82, 2.24) is 4.90 Å². The Labute approximate surface area is 120 Å². The Kier molecular flexibility index (Phi) is 4.45. The Balaban J connectivity index is 2.11. The fourth-order valence-electron chi connectivity index (χ4n) is 2.57. The lowest BCUT2D eigenvalue weighted by Gasteiger charge is -2.37. The van der Waals surface area contributed by atoms with Gasteiger partial charge in [0, 0.05) is 13.1 Å². The molecule has 110 valence electrons. The van der Waals surface area contributed by atoms with Crippen LogP contribution in [0.2, 0.25) is 0 Å². The highest BCUT2D eigenvalue weighted by Crippen LogP contribution is 2.29. The summed E-state index contributed by atoms with van der Waals surface area (Å²) in [6.45, 7) is 7.12. The lowest BCUT2D eigenvalue weighted by Crippen LogP contribution is -2.45. The van der Waals surface area contributed by atoms with Crippen LogP contribution in [-0.2, 0) is 16.0 Å². The molecule has 20 heavy (non-hydrogen) atoms. The first kappa shape index (κ1) is 15.0. The van der Waals surface area contributed by atoms with Crippen molar-refractivity contribution < 1.29 is 9.53 Å². The highest BCUT2D eigenvalue weighted by Gasteiger charge is 2.30. The van der Waals surface area contributed by atoms with Crippen LogP contribution in [0.4, 0.5) is 0 Å². The standard InChI is InChI=1S/C16H24N2O2/c1-16(2,3)20-11-15(19)18-9-8-12-6-4-5-7-13(12)14(18)10-17/h4-7,14H,8-11,17H2,1-3H3. The van der Waals surface area contributed by atoms with Crippen LogP contribution in [-0.4, -0.2) is 36.1 Å². The molecule has 0 bridgehead atoms. The second kappa shape index (κ2) is 5.94. The summed E-state index contributed by atoms with van der Waals surface area (Å²) in [5, 5.41) is 0. The Hall–Kier alpha value is -1.39. The molecule has 4 heteroatoms. The normalized spacial score (nSPS) is 18.8. The number of hydrogen-bond donors (Lipinski definition) is 1. The molecule has 0 fully saturated rings. The maximum Gasteiger partial charge on any atom is 0.249 e. The zero-order valence-corrected chi connectivity index (χ0v) is 12.6. The van der Waals surface area contributed by atoms with Crippen molar-refractivity contribution in [3.8, 4) is 0 Å². The van der Waals surface area contributed by atoms with Gasteiger partial charge in [0.05, 0.1) is 11.6 Å². The van der Waals surface area contributed by atoms with Crippen molar-refractivity contribution in [2.75, 3.05) is 19.7 Å². The third-order valence-electron chi connectivity index (χ3n) is 3.58. The van der Waals surface area contributed by atoms with E-state index in [0.717, 1.165) is 6.42 Å². The maximum atomic E-state index is 12.4. The van der Waals surface area contributed by atoms with Crippen molar-refractivity contribution in [1.29, 1.82) is 0 Å². The first-order chi connectivity index (χ1) is 9.42. The van der Waals surface area contributed by atoms with E-state index in [-0.39, 0.29) is 24.2 Å². The predicted octanol–water partition coefficient (Wildman–Crippen LogP) is 1.89. The van der Waals surface area contributed by atoms with Crippen LogP contribution in [0.15, 0.2) is 24.3 Å². The second-order valence-corrected chi connectivity index (χ2v) is 6.19. The van der Waals surface area contributed by atoms with Crippen LogP contribution in [0.5, 0.6) is 0 Å². The number of ether oxygens (including phenoxy) is 1. The minimum atomic E-state index is -0.304. The van der Waals surface area contributed by atoms with E-state index in [1.807, 2.05) is 37.8 Å². The number of hydrogen-bond acceptors (Lipinski definition) is 3. The van der Waals surface area contributed by atoms with Crippen molar-refractivity contribution in [2.45, 2.75) is 38.8 Å². The average molecular weight is 276 g/mol. The zero-order chi connectivity index (χ0) is 14.8. The van der Waals surface area contributed by atoms with E-state index in [4.69, 9.17) is 10.5 Å². The summed E-state index contributed by atoms with van der Waals surface area (Å²) in [6, 6.07) is 8.19. The van der Waals surface area contributed by atoms with Crippen molar-refractivity contribution in [3.05, 3.63) is 35.4 Å². The smallest absolute Gasteiger partial charge is 0.249 e. The van der Waals surface area contributed by atoms with Crippen molar-refractivity contribution in [3.63, 3.8) is 0 Å². The number of amides is 1. The summed E-state index contributed by atoms with van der Waals surface area (Å²) in [7, 11) is 0. The zero-order valence-electron chi connectivity index (χ0n) is 12.6. The number of nitrogens with two attached hydrogens (primary N) is 1. The molecule has 0 aliphatic carbocycles. The first-order valence-corrected chi connectivity index (χ1v) is 7.13. The number of rotatable bonds is 3. The van der Waals surface area contributed by atoms with Gasteiger partial charge in [-0.25, -0.2) is 0 Å². The summed E-state index contributed by atoms with van der Waals surface area (Å²) in [5.74, 6) is 0.0184. The quantitative estimate of drug-likeness (QED) is 0.917. The SMILES string of the molecule is CC(C)(C)OCC(=O)N1CCc2ccccc2C1CN. The molecule has 0 spiro atoms. The molecule has 0 radical (unpaired) electrons. The highest BCUT2D eigenvalue weighted by atomic mass is 16.5. The fourth-order valence-corrected chi connectivity index (χ4v) is 2.57. The van der Waals surface area contributed by atoms with Crippen molar-refractivity contribution in [2.24, 2.45) is 5.73 Å². The molecule has 1 amide bonds. The molecule has 1 aliphatic heterocycles. The van der Waals surface area contributed by atoms with Gasteiger partial charge in [-0.15, -0.1) is 0 Å². The minimum absolute atomic E-state index is 0.0184. The van der Waals surface area contributed by atoms with Crippen LogP contribution in [0, 0.1) is 0 Å². The number of carbonyl (C=O) groups is 1. The monoisotopic (exact) mass is 276 g/mol. The summed E-state index contributed by atoms with van der Waals surface area (Å²) < 4.78 is 5.59. The van der Waals surface area contributed by atoms with Crippen LogP contribution in [0.25, 0.3) is 0 Å². The van der Waals surface area contributed by atoms with E-state index in [2.05, 4.69) is 12.1 Å². The van der Waals surface area contributed by atoms with E-state index in [0.29, 0.717) is 13.1 Å². The van der Waals surface area contributed by atoms with Gasteiger partial charge in [-0.1, -0.05) is 24.3 Å². The Bertz CT molecular complexity index is 480. The van der Waals surface area contributed by atoms with Gasteiger partial charge in [0.15, 0.2) is 0 Å². The van der Waals surface area contributed by atoms with Gasteiger partial charge in [-0.05, 0) is 38.3 Å². The fraction of sp³-hybridized carbons (Fsp3) is 0.562. The maximum absolute atomic E-state index is 12.4. The molecular formula is C16H24N2O2. The molecule has 4 nitrogen and oxygen atoms in total. The molecule has 1 aromatic carbocycles. The minimum Gasteiger partial charge on any atom is -0.366 e. The largest absolute Gasteiger partial charge is 0.366 e. The molecule has 0 saturated carbocycles. The van der Waals surface area contributed by atoms with Gasteiger partial charge in [-0.2, -0.15) is 0 Å². The summed E-state index contributed by atoms with van der Waals surface area (Å²) in [6.07, 6.45) is 0.883. The molecule has 1 aromatic rings. The summed E-state index contributed by atoms with van der Waals surface area (Å²) in [5.41, 5.74) is 8.06. The van der Waals surface area contributed by atoms with Crippen LogP contribution in [0.1, 0.15) is 37.9 Å².